The van der Waals surface area contributed by atoms with Crippen molar-refractivity contribution in [1.82, 2.24) is 25.2 Å². The van der Waals surface area contributed by atoms with Crippen molar-refractivity contribution in [1.29, 1.82) is 0 Å². The fourth-order valence-electron chi connectivity index (χ4n) is 3.14. The second-order valence-corrected chi connectivity index (χ2v) is 6.54. The number of hydrogen-bond acceptors (Lipinski definition) is 4. The highest BCUT2D eigenvalue weighted by Gasteiger charge is 2.33. The zero-order valence-corrected chi connectivity index (χ0v) is 14.4. The molecule has 0 spiro atoms. The van der Waals surface area contributed by atoms with Crippen LogP contribution in [0.2, 0.25) is 0 Å². The minimum atomic E-state index is -0.218. The van der Waals surface area contributed by atoms with Crippen molar-refractivity contribution in [2.75, 3.05) is 13.1 Å². The predicted octanol–water partition coefficient (Wildman–Crippen LogP) is 1.91. The van der Waals surface area contributed by atoms with Crippen LogP contribution in [-0.2, 0) is 0 Å². The zero-order valence-electron chi connectivity index (χ0n) is 14.4. The van der Waals surface area contributed by atoms with Gasteiger partial charge in [-0.05, 0) is 31.5 Å². The molecule has 1 aliphatic heterocycles. The number of imidazole rings is 1. The van der Waals surface area contributed by atoms with Gasteiger partial charge in [-0.2, -0.15) is 0 Å². The third-order valence-electron chi connectivity index (χ3n) is 4.73. The smallest absolute Gasteiger partial charge is 0.269 e. The summed E-state index contributed by atoms with van der Waals surface area (Å²) in [5.74, 6) is -0.266. The standard InChI is InChI=1S/C19H19N5O2/c1-12-2-3-16-13(6-12)7-14(8-21-16)19(26)24-5-4-15(24)9-22-18(25)17-10-20-11-23-17/h2-3,6-8,10-11,15H,4-5,9H2,1H3,(H,20,23)(H,22,25). The molecule has 1 aromatic carbocycles. The topological polar surface area (TPSA) is 91.0 Å². The van der Waals surface area contributed by atoms with Crippen LogP contribution >= 0.6 is 0 Å². The van der Waals surface area contributed by atoms with Crippen molar-refractivity contribution in [3.8, 4) is 0 Å². The molecule has 7 nitrogen and oxygen atoms in total. The summed E-state index contributed by atoms with van der Waals surface area (Å²) in [4.78, 5) is 37.5. The van der Waals surface area contributed by atoms with Crippen molar-refractivity contribution in [2.45, 2.75) is 19.4 Å². The van der Waals surface area contributed by atoms with E-state index in [2.05, 4.69) is 20.3 Å². The number of aromatic amines is 1. The summed E-state index contributed by atoms with van der Waals surface area (Å²) in [7, 11) is 0. The first-order chi connectivity index (χ1) is 12.6. The summed E-state index contributed by atoms with van der Waals surface area (Å²) < 4.78 is 0. The van der Waals surface area contributed by atoms with Gasteiger partial charge in [-0.1, -0.05) is 11.6 Å². The zero-order chi connectivity index (χ0) is 18.1. The molecular weight excluding hydrogens is 330 g/mol. The highest BCUT2D eigenvalue weighted by Crippen LogP contribution is 2.22. The van der Waals surface area contributed by atoms with Crippen LogP contribution in [-0.4, -0.2) is 50.8 Å². The van der Waals surface area contributed by atoms with Crippen LogP contribution in [0.4, 0.5) is 0 Å². The quantitative estimate of drug-likeness (QED) is 0.753. The molecule has 2 N–H and O–H groups in total. The molecule has 0 radical (unpaired) electrons. The lowest BCUT2D eigenvalue weighted by Crippen LogP contribution is -2.56. The maximum atomic E-state index is 12.8. The SMILES string of the molecule is Cc1ccc2ncc(C(=O)N3CCC3CNC(=O)c3cnc[nH]3)cc2c1. The molecule has 3 aromatic rings. The Morgan fingerprint density at radius 3 is 2.92 bits per heavy atom. The van der Waals surface area contributed by atoms with E-state index in [0.717, 1.165) is 22.9 Å². The first-order valence-electron chi connectivity index (χ1n) is 8.56. The van der Waals surface area contributed by atoms with E-state index in [1.54, 1.807) is 11.1 Å². The maximum Gasteiger partial charge on any atom is 0.269 e. The van der Waals surface area contributed by atoms with E-state index in [9.17, 15) is 9.59 Å². The molecular formula is C19H19N5O2. The normalized spacial score (nSPS) is 16.3. The molecule has 132 valence electrons. The molecule has 1 atom stereocenters. The molecule has 7 heteroatoms. The molecule has 1 aliphatic rings. The number of benzene rings is 1. The molecule has 2 amide bonds. The summed E-state index contributed by atoms with van der Waals surface area (Å²) in [6, 6.07) is 7.87. The second-order valence-electron chi connectivity index (χ2n) is 6.54. The Morgan fingerprint density at radius 1 is 1.31 bits per heavy atom. The summed E-state index contributed by atoms with van der Waals surface area (Å²) in [6.45, 7) is 3.13. The minimum absolute atomic E-state index is 0.00239. The van der Waals surface area contributed by atoms with Crippen molar-refractivity contribution in [3.05, 3.63) is 59.8 Å². The van der Waals surface area contributed by atoms with Crippen LogP contribution in [0, 0.1) is 6.92 Å². The van der Waals surface area contributed by atoms with Crippen molar-refractivity contribution in [3.63, 3.8) is 0 Å². The number of carbonyl (C=O) groups is 2. The fourth-order valence-corrected chi connectivity index (χ4v) is 3.14. The van der Waals surface area contributed by atoms with E-state index in [1.807, 2.05) is 31.2 Å². The summed E-state index contributed by atoms with van der Waals surface area (Å²) in [5.41, 5.74) is 3.00. The Hall–Kier alpha value is -3.22. The molecule has 2 aromatic heterocycles. The van der Waals surface area contributed by atoms with E-state index < -0.39 is 0 Å². The Balaban J connectivity index is 1.44. The number of fused-ring (bicyclic) bond motifs is 1. The van der Waals surface area contributed by atoms with Gasteiger partial charge in [0.15, 0.2) is 0 Å². The van der Waals surface area contributed by atoms with Crippen LogP contribution in [0.1, 0.15) is 32.8 Å². The minimum Gasteiger partial charge on any atom is -0.349 e. The van der Waals surface area contributed by atoms with Gasteiger partial charge in [-0.25, -0.2) is 4.98 Å². The number of hydrogen-bond donors (Lipinski definition) is 2. The highest BCUT2D eigenvalue weighted by molar-refractivity contribution is 5.98. The Kier molecular flexibility index (Phi) is 4.12. The van der Waals surface area contributed by atoms with Crippen LogP contribution in [0.3, 0.4) is 0 Å². The number of pyridine rings is 1. The largest absolute Gasteiger partial charge is 0.349 e. The van der Waals surface area contributed by atoms with E-state index in [-0.39, 0.29) is 17.9 Å². The molecule has 0 saturated carbocycles. The Labute approximate surface area is 150 Å². The second kappa shape index (κ2) is 6.59. The molecule has 4 rings (SSSR count). The molecule has 26 heavy (non-hydrogen) atoms. The number of nitrogens with one attached hydrogen (secondary N) is 2. The fraction of sp³-hybridized carbons (Fsp3) is 0.263. The van der Waals surface area contributed by atoms with Gasteiger partial charge in [0.1, 0.15) is 5.69 Å². The van der Waals surface area contributed by atoms with E-state index in [0.29, 0.717) is 24.3 Å². The first kappa shape index (κ1) is 16.3. The number of amides is 2. The lowest BCUT2D eigenvalue weighted by Gasteiger charge is -2.41. The lowest BCUT2D eigenvalue weighted by molar-refractivity contribution is 0.0455. The van der Waals surface area contributed by atoms with Crippen LogP contribution in [0.5, 0.6) is 0 Å². The van der Waals surface area contributed by atoms with Crippen LogP contribution in [0.15, 0.2) is 43.0 Å². The van der Waals surface area contributed by atoms with Gasteiger partial charge in [0, 0.05) is 24.7 Å². The molecule has 0 bridgehead atoms. The number of aromatic nitrogens is 3. The third kappa shape index (κ3) is 3.03. The number of rotatable bonds is 4. The molecule has 1 fully saturated rings. The third-order valence-corrected chi connectivity index (χ3v) is 4.73. The molecule has 0 aliphatic carbocycles. The average Bonchev–Trinajstić information content (AvgIpc) is 3.14. The van der Waals surface area contributed by atoms with E-state index in [4.69, 9.17) is 0 Å². The average molecular weight is 349 g/mol. The molecule has 1 saturated heterocycles. The van der Waals surface area contributed by atoms with Crippen molar-refractivity contribution < 1.29 is 9.59 Å². The van der Waals surface area contributed by atoms with E-state index >= 15 is 0 Å². The lowest BCUT2D eigenvalue weighted by atomic mass is 10.0. The van der Waals surface area contributed by atoms with Crippen molar-refractivity contribution in [2.24, 2.45) is 0 Å². The Bertz CT molecular complexity index is 967. The number of likely N-dealkylation sites (tertiary alicyclic amines) is 1. The van der Waals surface area contributed by atoms with Gasteiger partial charge >= 0.3 is 0 Å². The number of nitrogens with zero attached hydrogens (tertiary/aromatic N) is 3. The maximum absolute atomic E-state index is 12.8. The Morgan fingerprint density at radius 2 is 2.19 bits per heavy atom. The van der Waals surface area contributed by atoms with Gasteiger partial charge in [-0.15, -0.1) is 0 Å². The number of H-pyrrole nitrogens is 1. The van der Waals surface area contributed by atoms with Gasteiger partial charge in [0.05, 0.1) is 29.6 Å². The van der Waals surface area contributed by atoms with Crippen LogP contribution < -0.4 is 5.32 Å². The van der Waals surface area contributed by atoms with Gasteiger partial charge in [0.25, 0.3) is 11.8 Å². The molecule has 1 unspecified atom stereocenters. The summed E-state index contributed by atoms with van der Waals surface area (Å²) in [5, 5.41) is 3.80. The van der Waals surface area contributed by atoms with Gasteiger partial charge in [-0.3, -0.25) is 14.6 Å². The number of carbonyl (C=O) groups excluding carboxylic acids is 2. The van der Waals surface area contributed by atoms with Crippen molar-refractivity contribution >= 4 is 22.7 Å². The first-order valence-corrected chi connectivity index (χ1v) is 8.56. The summed E-state index contributed by atoms with van der Waals surface area (Å²) >= 11 is 0. The van der Waals surface area contributed by atoms with E-state index in [1.165, 1.54) is 12.5 Å². The monoisotopic (exact) mass is 349 g/mol. The summed E-state index contributed by atoms with van der Waals surface area (Å²) in [6.07, 6.45) is 5.43. The van der Waals surface area contributed by atoms with Gasteiger partial charge < -0.3 is 15.2 Å². The number of aryl methyl sites for hydroxylation is 1. The van der Waals surface area contributed by atoms with Crippen LogP contribution in [0.25, 0.3) is 10.9 Å². The molecule has 3 heterocycles. The predicted molar refractivity (Wildman–Crippen MR) is 96.8 cm³/mol. The van der Waals surface area contributed by atoms with Gasteiger partial charge in [0.2, 0.25) is 0 Å². The highest BCUT2D eigenvalue weighted by atomic mass is 16.2.